The molecular formula is C13H16N4O5. The second-order valence-electron chi connectivity index (χ2n) is 4.87. The number of pyridine rings is 1. The molecule has 1 heterocycles. The fourth-order valence-electron chi connectivity index (χ4n) is 2.23. The van der Waals surface area contributed by atoms with E-state index in [-0.39, 0.29) is 11.8 Å². The molecule has 0 bridgehead atoms. The summed E-state index contributed by atoms with van der Waals surface area (Å²) in [5.41, 5.74) is 0. The van der Waals surface area contributed by atoms with Crippen molar-refractivity contribution in [2.24, 2.45) is 0 Å². The average molecular weight is 308 g/mol. The summed E-state index contributed by atoms with van der Waals surface area (Å²) in [7, 11) is 0. The highest BCUT2D eigenvalue weighted by molar-refractivity contribution is 5.95. The fraction of sp³-hybridized carbons (Fsp3) is 0.462. The quantitative estimate of drug-likeness (QED) is 0.621. The lowest BCUT2D eigenvalue weighted by Crippen LogP contribution is -2.45. The number of nitrogens with zero attached hydrogens (tertiary/aromatic N) is 2. The number of nitrogens with one attached hydrogen (secondary N) is 2. The Balaban J connectivity index is 1.80. The van der Waals surface area contributed by atoms with E-state index in [0.29, 0.717) is 0 Å². The van der Waals surface area contributed by atoms with Crippen molar-refractivity contribution in [1.82, 2.24) is 15.6 Å². The minimum absolute atomic E-state index is 0.0909. The Bertz CT molecular complexity index is 571. The molecule has 0 aliphatic heterocycles. The van der Waals surface area contributed by atoms with Gasteiger partial charge in [-0.2, -0.15) is 0 Å². The second kappa shape index (κ2) is 7.34. The van der Waals surface area contributed by atoms with Gasteiger partial charge in [-0.25, -0.2) is 4.79 Å². The first-order valence-electron chi connectivity index (χ1n) is 6.89. The molecule has 0 atom stereocenters. The molecule has 1 aromatic rings. The summed E-state index contributed by atoms with van der Waals surface area (Å²) in [6, 6.07) is 2.29. The molecular weight excluding hydrogens is 292 g/mol. The van der Waals surface area contributed by atoms with E-state index >= 15 is 0 Å². The zero-order valence-electron chi connectivity index (χ0n) is 11.8. The van der Waals surface area contributed by atoms with Crippen molar-refractivity contribution in [3.8, 4) is 5.75 Å². The Morgan fingerprint density at radius 2 is 2.14 bits per heavy atom. The van der Waals surface area contributed by atoms with Gasteiger partial charge in [-0.15, -0.1) is 0 Å². The number of aromatic nitrogens is 1. The topological polar surface area (TPSA) is 123 Å². The largest absolute Gasteiger partial charge is 0.476 e. The van der Waals surface area contributed by atoms with E-state index in [0.717, 1.165) is 25.7 Å². The Kier molecular flexibility index (Phi) is 5.23. The first-order chi connectivity index (χ1) is 10.6. The summed E-state index contributed by atoms with van der Waals surface area (Å²) in [6.07, 6.45) is 5.18. The standard InChI is InChI=1S/C13H16N4O5/c18-11(16-13(19)15-9-4-1-2-5-9)8-22-10-6-3-7-14-12(10)17(20)21/h3,6-7,9H,1-2,4-5,8H2,(H2,15,16,18,19). The second-order valence-corrected chi connectivity index (χ2v) is 4.87. The van der Waals surface area contributed by atoms with Gasteiger partial charge in [0.15, 0.2) is 6.61 Å². The lowest BCUT2D eigenvalue weighted by atomic mass is 10.2. The molecule has 1 aromatic heterocycles. The molecule has 22 heavy (non-hydrogen) atoms. The summed E-state index contributed by atoms with van der Waals surface area (Å²) >= 11 is 0. The number of hydrogen-bond donors (Lipinski definition) is 2. The lowest BCUT2D eigenvalue weighted by molar-refractivity contribution is -0.390. The van der Waals surface area contributed by atoms with Gasteiger partial charge >= 0.3 is 11.8 Å². The van der Waals surface area contributed by atoms with E-state index in [1.54, 1.807) is 0 Å². The molecule has 1 fully saturated rings. The fourth-order valence-corrected chi connectivity index (χ4v) is 2.23. The predicted octanol–water partition coefficient (Wildman–Crippen LogP) is 1.14. The van der Waals surface area contributed by atoms with Crippen LogP contribution in [0.15, 0.2) is 18.3 Å². The molecule has 9 nitrogen and oxygen atoms in total. The van der Waals surface area contributed by atoms with Gasteiger partial charge in [-0.3, -0.25) is 10.1 Å². The zero-order chi connectivity index (χ0) is 15.9. The van der Waals surface area contributed by atoms with Crippen LogP contribution in [0.4, 0.5) is 10.6 Å². The van der Waals surface area contributed by atoms with Crippen LogP contribution in [0, 0.1) is 10.1 Å². The molecule has 0 saturated heterocycles. The third kappa shape index (κ3) is 4.40. The molecule has 0 unspecified atom stereocenters. The summed E-state index contributed by atoms with van der Waals surface area (Å²) in [4.78, 5) is 36.7. The minimum Gasteiger partial charge on any atom is -0.476 e. The number of ether oxygens (including phenoxy) is 1. The molecule has 1 saturated carbocycles. The average Bonchev–Trinajstić information content (AvgIpc) is 2.98. The van der Waals surface area contributed by atoms with Gasteiger partial charge in [0.05, 0.1) is 0 Å². The van der Waals surface area contributed by atoms with E-state index in [1.807, 2.05) is 0 Å². The molecule has 0 aromatic carbocycles. The van der Waals surface area contributed by atoms with Crippen LogP contribution >= 0.6 is 0 Å². The zero-order valence-corrected chi connectivity index (χ0v) is 11.8. The third-order valence-electron chi connectivity index (χ3n) is 3.23. The molecule has 118 valence electrons. The van der Waals surface area contributed by atoms with Gasteiger partial charge in [-0.05, 0) is 34.9 Å². The van der Waals surface area contributed by atoms with E-state index in [1.165, 1.54) is 18.3 Å². The van der Waals surface area contributed by atoms with Crippen LogP contribution in [-0.2, 0) is 4.79 Å². The maximum atomic E-state index is 11.6. The Hall–Kier alpha value is -2.71. The monoisotopic (exact) mass is 308 g/mol. The van der Waals surface area contributed by atoms with Gasteiger partial charge in [0.1, 0.15) is 6.20 Å². The number of carbonyl (C=O) groups is 2. The van der Waals surface area contributed by atoms with Crippen molar-refractivity contribution < 1.29 is 19.2 Å². The Morgan fingerprint density at radius 3 is 2.82 bits per heavy atom. The van der Waals surface area contributed by atoms with Crippen molar-refractivity contribution in [3.63, 3.8) is 0 Å². The predicted molar refractivity (Wildman–Crippen MR) is 75.3 cm³/mol. The van der Waals surface area contributed by atoms with Crippen molar-refractivity contribution in [3.05, 3.63) is 28.4 Å². The van der Waals surface area contributed by atoms with Crippen LogP contribution in [-0.4, -0.2) is 34.5 Å². The van der Waals surface area contributed by atoms with E-state index in [2.05, 4.69) is 15.6 Å². The van der Waals surface area contributed by atoms with Gasteiger partial charge in [0, 0.05) is 6.04 Å². The molecule has 0 radical (unpaired) electrons. The van der Waals surface area contributed by atoms with Gasteiger partial charge in [-0.1, -0.05) is 12.8 Å². The number of amides is 3. The van der Waals surface area contributed by atoms with E-state index in [9.17, 15) is 19.7 Å². The van der Waals surface area contributed by atoms with E-state index < -0.39 is 29.3 Å². The van der Waals surface area contributed by atoms with E-state index in [4.69, 9.17) is 4.74 Å². The first-order valence-corrected chi connectivity index (χ1v) is 6.89. The van der Waals surface area contributed by atoms with Crippen LogP contribution in [0.3, 0.4) is 0 Å². The van der Waals surface area contributed by atoms with Gasteiger partial charge < -0.3 is 20.2 Å². The number of imide groups is 1. The van der Waals surface area contributed by atoms with Crippen molar-refractivity contribution in [2.45, 2.75) is 31.7 Å². The molecule has 1 aliphatic carbocycles. The van der Waals surface area contributed by atoms with Crippen molar-refractivity contribution in [1.29, 1.82) is 0 Å². The molecule has 1 aliphatic rings. The SMILES string of the molecule is O=C(COc1cccnc1[N+](=O)[O-])NC(=O)NC1CCCC1. The summed E-state index contributed by atoms with van der Waals surface area (Å²) in [5, 5.41) is 15.5. The summed E-state index contributed by atoms with van der Waals surface area (Å²) in [5.74, 6) is -1.29. The van der Waals surface area contributed by atoms with Crippen LogP contribution in [0.1, 0.15) is 25.7 Å². The highest BCUT2D eigenvalue weighted by atomic mass is 16.6. The van der Waals surface area contributed by atoms with Gasteiger partial charge in [0.2, 0.25) is 5.75 Å². The summed E-state index contributed by atoms with van der Waals surface area (Å²) < 4.78 is 5.03. The van der Waals surface area contributed by atoms with Crippen LogP contribution in [0.25, 0.3) is 0 Å². The van der Waals surface area contributed by atoms with Crippen molar-refractivity contribution in [2.75, 3.05) is 6.61 Å². The third-order valence-corrected chi connectivity index (χ3v) is 3.23. The molecule has 3 amide bonds. The molecule has 2 rings (SSSR count). The molecule has 2 N–H and O–H groups in total. The highest BCUT2D eigenvalue weighted by Gasteiger charge is 2.20. The highest BCUT2D eigenvalue weighted by Crippen LogP contribution is 2.22. The molecule has 0 spiro atoms. The Labute approximate surface area is 126 Å². The number of urea groups is 1. The number of rotatable bonds is 5. The first kappa shape index (κ1) is 15.7. The minimum atomic E-state index is -0.708. The Morgan fingerprint density at radius 1 is 1.41 bits per heavy atom. The van der Waals surface area contributed by atoms with Gasteiger partial charge in [0.25, 0.3) is 5.91 Å². The molecule has 9 heteroatoms. The summed E-state index contributed by atoms with van der Waals surface area (Å²) in [6.45, 7) is -0.509. The smallest absolute Gasteiger partial charge is 0.406 e. The maximum absolute atomic E-state index is 11.6. The van der Waals surface area contributed by atoms with Crippen LogP contribution in [0.5, 0.6) is 5.75 Å². The number of carbonyl (C=O) groups excluding carboxylic acids is 2. The lowest BCUT2D eigenvalue weighted by Gasteiger charge is -2.12. The normalized spacial score (nSPS) is 14.4. The van der Waals surface area contributed by atoms with Crippen LogP contribution in [0.2, 0.25) is 0 Å². The van der Waals surface area contributed by atoms with Crippen molar-refractivity contribution >= 4 is 17.8 Å². The number of hydrogen-bond acceptors (Lipinski definition) is 6. The maximum Gasteiger partial charge on any atom is 0.406 e. The van der Waals surface area contributed by atoms with Crippen LogP contribution < -0.4 is 15.4 Å². The number of nitro groups is 1.